The van der Waals surface area contributed by atoms with Crippen LogP contribution < -0.4 is 5.32 Å². The summed E-state index contributed by atoms with van der Waals surface area (Å²) >= 11 is 0. The van der Waals surface area contributed by atoms with E-state index in [9.17, 15) is 9.59 Å². The Morgan fingerprint density at radius 3 is 2.68 bits per heavy atom. The number of carbonyl (C=O) groups is 2. The fourth-order valence-corrected chi connectivity index (χ4v) is 4.40. The lowest BCUT2D eigenvalue weighted by Crippen LogP contribution is -2.46. The summed E-state index contributed by atoms with van der Waals surface area (Å²) in [6.45, 7) is 4.64. The number of piperidine rings is 1. The Kier molecular flexibility index (Phi) is 4.50. The summed E-state index contributed by atoms with van der Waals surface area (Å²) in [6.07, 6.45) is 4.90. The van der Waals surface area contributed by atoms with Crippen LogP contribution >= 0.6 is 0 Å². The number of aryl methyl sites for hydroxylation is 1. The quantitative estimate of drug-likeness (QED) is 0.849. The minimum absolute atomic E-state index is 0.0144. The Hall–Kier alpha value is -1.89. The molecule has 7 nitrogen and oxygen atoms in total. The fraction of sp³-hybridized carbons (Fsp3) is 0.722. The van der Waals surface area contributed by atoms with E-state index in [1.165, 1.54) is 0 Å². The summed E-state index contributed by atoms with van der Waals surface area (Å²) in [5.41, 5.74) is 2.76. The van der Waals surface area contributed by atoms with E-state index in [2.05, 4.69) is 10.4 Å². The average Bonchev–Trinajstić information content (AvgIpc) is 3.30. The van der Waals surface area contributed by atoms with Crippen molar-refractivity contribution in [3.05, 3.63) is 17.0 Å². The zero-order valence-electron chi connectivity index (χ0n) is 15.0. The molecule has 4 rings (SSSR count). The van der Waals surface area contributed by atoms with Crippen molar-refractivity contribution in [1.82, 2.24) is 24.9 Å². The summed E-state index contributed by atoms with van der Waals surface area (Å²) in [5.74, 6) is 0.174. The highest BCUT2D eigenvalue weighted by molar-refractivity contribution is 5.94. The van der Waals surface area contributed by atoms with Gasteiger partial charge in [0.25, 0.3) is 5.91 Å². The number of nitrogens with zero attached hydrogens (tertiary/aromatic N) is 4. The van der Waals surface area contributed by atoms with Crippen molar-refractivity contribution >= 4 is 11.8 Å². The minimum Gasteiger partial charge on any atom is -0.342 e. The van der Waals surface area contributed by atoms with Gasteiger partial charge in [-0.2, -0.15) is 5.10 Å². The predicted molar refractivity (Wildman–Crippen MR) is 93.1 cm³/mol. The SMILES string of the molecule is Cn1nc(C(=O)N2CCC[C@@H](C(=O)N3CCCC3)C2)c2c1CCNC2. The van der Waals surface area contributed by atoms with Gasteiger partial charge in [-0.25, -0.2) is 0 Å². The molecular formula is C18H27N5O2. The number of rotatable bonds is 2. The third-order valence-corrected chi connectivity index (χ3v) is 5.79. The summed E-state index contributed by atoms with van der Waals surface area (Å²) in [6, 6.07) is 0. The molecule has 0 spiro atoms. The van der Waals surface area contributed by atoms with E-state index in [1.54, 1.807) is 0 Å². The highest BCUT2D eigenvalue weighted by Crippen LogP contribution is 2.24. The van der Waals surface area contributed by atoms with E-state index in [4.69, 9.17) is 0 Å². The zero-order valence-corrected chi connectivity index (χ0v) is 15.0. The molecule has 3 aliphatic heterocycles. The average molecular weight is 345 g/mol. The van der Waals surface area contributed by atoms with Gasteiger partial charge < -0.3 is 15.1 Å². The number of carbonyl (C=O) groups excluding carboxylic acids is 2. The van der Waals surface area contributed by atoms with Crippen molar-refractivity contribution < 1.29 is 9.59 Å². The van der Waals surface area contributed by atoms with E-state index < -0.39 is 0 Å². The Morgan fingerprint density at radius 2 is 1.88 bits per heavy atom. The van der Waals surface area contributed by atoms with Crippen LogP contribution in [0.3, 0.4) is 0 Å². The van der Waals surface area contributed by atoms with Crippen molar-refractivity contribution in [2.45, 2.75) is 38.6 Å². The molecule has 4 heterocycles. The molecule has 2 amide bonds. The lowest BCUT2D eigenvalue weighted by atomic mass is 9.96. The second-order valence-electron chi connectivity index (χ2n) is 7.45. The van der Waals surface area contributed by atoms with Crippen LogP contribution in [0.1, 0.15) is 47.4 Å². The normalized spacial score (nSPS) is 23.6. The molecular weight excluding hydrogens is 318 g/mol. The second kappa shape index (κ2) is 6.78. The number of amides is 2. The Bertz CT molecular complexity index is 677. The van der Waals surface area contributed by atoms with E-state index in [-0.39, 0.29) is 17.7 Å². The van der Waals surface area contributed by atoms with Crippen LogP contribution in [-0.2, 0) is 24.8 Å². The van der Waals surface area contributed by atoms with Gasteiger partial charge in [0.05, 0.1) is 5.92 Å². The summed E-state index contributed by atoms with van der Waals surface area (Å²) in [5, 5.41) is 7.84. The Morgan fingerprint density at radius 1 is 1.12 bits per heavy atom. The van der Waals surface area contributed by atoms with Crippen molar-refractivity contribution in [2.24, 2.45) is 13.0 Å². The third kappa shape index (κ3) is 3.05. The lowest BCUT2D eigenvalue weighted by molar-refractivity contribution is -0.135. The molecule has 1 aromatic heterocycles. The largest absolute Gasteiger partial charge is 0.342 e. The number of nitrogens with one attached hydrogen (secondary N) is 1. The first-order valence-corrected chi connectivity index (χ1v) is 9.48. The molecule has 1 aromatic rings. The Balaban J connectivity index is 1.49. The van der Waals surface area contributed by atoms with Gasteiger partial charge in [-0.05, 0) is 25.7 Å². The third-order valence-electron chi connectivity index (χ3n) is 5.79. The van der Waals surface area contributed by atoms with E-state index in [1.807, 2.05) is 21.5 Å². The zero-order chi connectivity index (χ0) is 17.4. The predicted octanol–water partition coefficient (Wildman–Crippen LogP) is 0.540. The molecule has 0 saturated carbocycles. The maximum absolute atomic E-state index is 13.1. The molecule has 0 aromatic carbocycles. The molecule has 0 bridgehead atoms. The van der Waals surface area contributed by atoms with Crippen molar-refractivity contribution in [2.75, 3.05) is 32.7 Å². The van der Waals surface area contributed by atoms with Crippen LogP contribution in [0.4, 0.5) is 0 Å². The van der Waals surface area contributed by atoms with Crippen LogP contribution in [0.25, 0.3) is 0 Å². The summed E-state index contributed by atoms with van der Waals surface area (Å²) < 4.78 is 1.85. The van der Waals surface area contributed by atoms with E-state index in [0.717, 1.165) is 69.5 Å². The van der Waals surface area contributed by atoms with Crippen LogP contribution in [-0.4, -0.2) is 64.1 Å². The summed E-state index contributed by atoms with van der Waals surface area (Å²) in [4.78, 5) is 29.6. The Labute approximate surface area is 148 Å². The first-order chi connectivity index (χ1) is 12.1. The van der Waals surface area contributed by atoms with Gasteiger partial charge in [0.15, 0.2) is 5.69 Å². The minimum atomic E-state index is -0.0477. The highest BCUT2D eigenvalue weighted by Gasteiger charge is 2.34. The van der Waals surface area contributed by atoms with Crippen LogP contribution in [0.5, 0.6) is 0 Å². The van der Waals surface area contributed by atoms with Gasteiger partial charge in [0.1, 0.15) is 0 Å². The van der Waals surface area contributed by atoms with Crippen molar-refractivity contribution in [3.8, 4) is 0 Å². The van der Waals surface area contributed by atoms with Gasteiger partial charge in [0.2, 0.25) is 5.91 Å². The molecule has 2 fully saturated rings. The standard InChI is InChI=1S/C18H27N5O2/c1-21-15-6-7-19-11-14(15)16(20-21)18(25)23-10-4-5-13(12-23)17(24)22-8-2-3-9-22/h13,19H,2-12H2,1H3/t13-/m1/s1. The van der Waals surface area contributed by atoms with Crippen LogP contribution in [0.2, 0.25) is 0 Å². The van der Waals surface area contributed by atoms with Crippen LogP contribution in [0.15, 0.2) is 0 Å². The molecule has 25 heavy (non-hydrogen) atoms. The van der Waals surface area contributed by atoms with E-state index in [0.29, 0.717) is 18.8 Å². The maximum Gasteiger partial charge on any atom is 0.274 e. The van der Waals surface area contributed by atoms with E-state index >= 15 is 0 Å². The molecule has 2 saturated heterocycles. The first-order valence-electron chi connectivity index (χ1n) is 9.48. The monoisotopic (exact) mass is 345 g/mol. The number of hydrogen-bond acceptors (Lipinski definition) is 4. The summed E-state index contributed by atoms with van der Waals surface area (Å²) in [7, 11) is 1.91. The molecule has 0 aliphatic carbocycles. The maximum atomic E-state index is 13.1. The van der Waals surface area contributed by atoms with Crippen molar-refractivity contribution in [3.63, 3.8) is 0 Å². The molecule has 1 atom stereocenters. The van der Waals surface area contributed by atoms with Gasteiger partial charge >= 0.3 is 0 Å². The number of aromatic nitrogens is 2. The van der Waals surface area contributed by atoms with Gasteiger partial charge in [-0.1, -0.05) is 0 Å². The molecule has 1 N–H and O–H groups in total. The van der Waals surface area contributed by atoms with Gasteiger partial charge in [-0.3, -0.25) is 14.3 Å². The number of fused-ring (bicyclic) bond motifs is 1. The number of likely N-dealkylation sites (tertiary alicyclic amines) is 2. The highest BCUT2D eigenvalue weighted by atomic mass is 16.2. The molecule has 0 unspecified atom stereocenters. The topological polar surface area (TPSA) is 70.5 Å². The van der Waals surface area contributed by atoms with Crippen molar-refractivity contribution in [1.29, 1.82) is 0 Å². The van der Waals surface area contributed by atoms with Gasteiger partial charge in [-0.15, -0.1) is 0 Å². The lowest BCUT2D eigenvalue weighted by Gasteiger charge is -2.33. The smallest absolute Gasteiger partial charge is 0.274 e. The number of hydrogen-bond donors (Lipinski definition) is 1. The van der Waals surface area contributed by atoms with Gasteiger partial charge in [0, 0.05) is 64.0 Å². The molecule has 0 radical (unpaired) electrons. The van der Waals surface area contributed by atoms with Crippen LogP contribution in [0, 0.1) is 5.92 Å². The second-order valence-corrected chi connectivity index (χ2v) is 7.45. The first kappa shape index (κ1) is 16.6. The fourth-order valence-electron chi connectivity index (χ4n) is 4.40. The molecule has 7 heteroatoms. The molecule has 136 valence electrons. The molecule has 3 aliphatic rings.